The van der Waals surface area contributed by atoms with E-state index in [2.05, 4.69) is 74.7 Å². The second-order valence-electron chi connectivity index (χ2n) is 22.6. The highest BCUT2D eigenvalue weighted by Crippen LogP contribution is 2.43. The molecule has 2 N–H and O–H groups in total. The van der Waals surface area contributed by atoms with Gasteiger partial charge in [0.2, 0.25) is 5.91 Å². The number of nitrogens with one attached hydrogen (secondary N) is 1. The van der Waals surface area contributed by atoms with Crippen LogP contribution in [0.3, 0.4) is 0 Å². The number of allylic oxidation sites excluding steroid dienone is 9. The average molecular weight is 1070 g/mol. The predicted octanol–water partition coefficient (Wildman–Crippen LogP) is 19.4. The van der Waals surface area contributed by atoms with Crippen LogP contribution < -0.4 is 5.32 Å². The quantitative estimate of drug-likeness (QED) is 0.0205. The molecule has 0 aromatic rings. The molecule has 0 fully saturated rings. The maximum Gasteiger partial charge on any atom is 0.472 e. The molecule has 3 unspecified atom stereocenters. The molecule has 0 spiro atoms. The third-order valence-electron chi connectivity index (χ3n) is 13.9. The summed E-state index contributed by atoms with van der Waals surface area (Å²) < 4.78 is 30.7. The number of esters is 1. The largest absolute Gasteiger partial charge is 0.472 e. The van der Waals surface area contributed by atoms with E-state index in [-0.39, 0.29) is 31.5 Å². The van der Waals surface area contributed by atoms with E-state index in [1.54, 1.807) is 0 Å². The molecule has 0 aliphatic rings. The van der Waals surface area contributed by atoms with Gasteiger partial charge in [0.25, 0.3) is 0 Å². The second-order valence-corrected chi connectivity index (χ2v) is 24.0. The zero-order chi connectivity index (χ0) is 55.0. The van der Waals surface area contributed by atoms with Crippen LogP contribution in [0.25, 0.3) is 0 Å². The molecule has 1 amide bonds. The number of carbonyl (C=O) groups is 2. The molecule has 0 heterocycles. The summed E-state index contributed by atoms with van der Waals surface area (Å²) in [4.78, 5) is 37.7. The van der Waals surface area contributed by atoms with Crippen molar-refractivity contribution < 1.29 is 37.3 Å². The van der Waals surface area contributed by atoms with E-state index in [4.69, 9.17) is 13.8 Å². The van der Waals surface area contributed by atoms with Gasteiger partial charge in [0.05, 0.1) is 33.8 Å². The van der Waals surface area contributed by atoms with Gasteiger partial charge in [0, 0.05) is 12.8 Å². The van der Waals surface area contributed by atoms with E-state index >= 15 is 0 Å². The Morgan fingerprint density at radius 2 is 0.813 bits per heavy atom. The SMILES string of the molecule is CCCCC/C=C\C/C=C\C/C=C\CCCCCCCCCCCCC(=O)OC(/C=C\CCCCCCCCCCCCC)C(COP(=O)(O)OCC[N+](C)(C)C)NC(=O)CCCCC/C=C\CCCCCCCC. The van der Waals surface area contributed by atoms with Gasteiger partial charge in [-0.25, -0.2) is 4.57 Å². The van der Waals surface area contributed by atoms with Crippen LogP contribution in [0.15, 0.2) is 60.8 Å². The number of quaternary nitrogens is 1. The molecular weight excluding hydrogens is 952 g/mol. The fraction of sp³-hybridized carbons (Fsp3) is 0.815. The standard InChI is InChI=1S/C65H121N2O7P/c1-7-10-13-16-19-22-25-28-29-30-31-32-33-34-35-36-37-40-43-46-49-52-55-58-65(69)74-63(56-53-50-47-44-41-38-26-23-20-17-14-11-8-2)62(61-73-75(70,71)72-60-59-67(4,5)6)66-64(68)57-54-51-48-45-42-39-27-24-21-18-15-12-9-3/h19,22,28-29,31-32,39,42,53,56,62-63H,7-18,20-21,23-27,30,33-38,40-41,43-52,54-55,57-61H2,1-6H3,(H-,66,68,70,71)/p+1/b22-19-,29-28-,32-31-,42-39-,56-53-. The van der Waals surface area contributed by atoms with Crippen LogP contribution in [0.2, 0.25) is 0 Å². The summed E-state index contributed by atoms with van der Waals surface area (Å²) in [6.07, 6.45) is 69.3. The number of amides is 1. The van der Waals surface area contributed by atoms with Crippen LogP contribution in [0.1, 0.15) is 290 Å². The van der Waals surface area contributed by atoms with Crippen molar-refractivity contribution in [1.29, 1.82) is 0 Å². The number of likely N-dealkylation sites (N-methyl/N-ethyl adjacent to an activating group) is 1. The number of rotatable bonds is 57. The highest BCUT2D eigenvalue weighted by atomic mass is 31.2. The van der Waals surface area contributed by atoms with Gasteiger partial charge in [-0.15, -0.1) is 0 Å². The van der Waals surface area contributed by atoms with E-state index in [0.717, 1.165) is 83.5 Å². The third-order valence-corrected chi connectivity index (χ3v) is 14.9. The van der Waals surface area contributed by atoms with Gasteiger partial charge in [-0.2, -0.15) is 0 Å². The molecule has 9 nitrogen and oxygen atoms in total. The molecule has 0 rings (SSSR count). The summed E-state index contributed by atoms with van der Waals surface area (Å²) >= 11 is 0. The zero-order valence-electron chi connectivity index (χ0n) is 50.0. The first-order valence-electron chi connectivity index (χ1n) is 31.6. The maximum atomic E-state index is 13.5. The number of carbonyl (C=O) groups excluding carboxylic acids is 2. The van der Waals surface area contributed by atoms with E-state index in [1.165, 1.54) is 173 Å². The topological polar surface area (TPSA) is 111 Å². The smallest absolute Gasteiger partial charge is 0.456 e. The Hall–Kier alpha value is -2.29. The van der Waals surface area contributed by atoms with E-state index in [9.17, 15) is 19.0 Å². The number of hydrogen-bond donors (Lipinski definition) is 2. The minimum absolute atomic E-state index is 0.0363. The highest BCUT2D eigenvalue weighted by Gasteiger charge is 2.30. The average Bonchev–Trinajstić information content (AvgIpc) is 3.37. The Kier molecular flexibility index (Phi) is 53.4. The monoisotopic (exact) mass is 1070 g/mol. The molecule has 0 bridgehead atoms. The van der Waals surface area contributed by atoms with E-state index < -0.39 is 20.0 Å². The van der Waals surface area contributed by atoms with E-state index in [0.29, 0.717) is 17.4 Å². The molecule has 0 aliphatic carbocycles. The van der Waals surface area contributed by atoms with Crippen LogP contribution in [-0.2, 0) is 27.9 Å². The van der Waals surface area contributed by atoms with Crippen molar-refractivity contribution >= 4 is 19.7 Å². The first-order chi connectivity index (χ1) is 36.4. The summed E-state index contributed by atoms with van der Waals surface area (Å²) in [6.45, 7) is 6.98. The third kappa shape index (κ3) is 56.2. The van der Waals surface area contributed by atoms with Gasteiger partial charge in [-0.05, 0) is 96.0 Å². The lowest BCUT2D eigenvalue weighted by atomic mass is 10.0. The van der Waals surface area contributed by atoms with Gasteiger partial charge in [0.1, 0.15) is 19.3 Å². The minimum atomic E-state index is -4.45. The number of unbranched alkanes of at least 4 members (excludes halogenated alkanes) is 33. The lowest BCUT2D eigenvalue weighted by Crippen LogP contribution is -2.47. The molecule has 438 valence electrons. The predicted molar refractivity (Wildman–Crippen MR) is 323 cm³/mol. The lowest BCUT2D eigenvalue weighted by Gasteiger charge is -2.27. The molecule has 0 aliphatic heterocycles. The summed E-state index contributed by atoms with van der Waals surface area (Å²) in [5.74, 6) is -0.523. The first-order valence-corrected chi connectivity index (χ1v) is 33.1. The lowest BCUT2D eigenvalue weighted by molar-refractivity contribution is -0.870. The van der Waals surface area contributed by atoms with Crippen molar-refractivity contribution in [3.8, 4) is 0 Å². The molecule has 0 aromatic carbocycles. The number of nitrogens with zero attached hydrogens (tertiary/aromatic N) is 1. The normalized spacial score (nSPS) is 14.1. The zero-order valence-corrected chi connectivity index (χ0v) is 50.9. The van der Waals surface area contributed by atoms with Crippen molar-refractivity contribution in [3.05, 3.63) is 60.8 Å². The van der Waals surface area contributed by atoms with Crippen LogP contribution in [0.5, 0.6) is 0 Å². The fourth-order valence-electron chi connectivity index (χ4n) is 9.00. The number of phosphoric ester groups is 1. The van der Waals surface area contributed by atoms with Gasteiger partial charge in [-0.1, -0.05) is 242 Å². The molecular formula is C65H122N2O7P+. The summed E-state index contributed by atoms with van der Waals surface area (Å²) in [7, 11) is 1.49. The molecule has 0 aromatic heterocycles. The molecule has 75 heavy (non-hydrogen) atoms. The van der Waals surface area contributed by atoms with Gasteiger partial charge in [0.15, 0.2) is 0 Å². The Balaban J connectivity index is 5.21. The molecule has 10 heteroatoms. The Morgan fingerprint density at radius 1 is 0.467 bits per heavy atom. The molecule has 0 radical (unpaired) electrons. The second kappa shape index (κ2) is 55.0. The number of hydrogen-bond acceptors (Lipinski definition) is 6. The van der Waals surface area contributed by atoms with Gasteiger partial charge in [-0.3, -0.25) is 18.6 Å². The van der Waals surface area contributed by atoms with Crippen molar-refractivity contribution in [2.75, 3.05) is 40.9 Å². The number of ether oxygens (including phenoxy) is 1. The number of phosphoric acid groups is 1. The van der Waals surface area contributed by atoms with Crippen LogP contribution >= 0.6 is 7.82 Å². The summed E-state index contributed by atoms with van der Waals surface area (Å²) in [6, 6.07) is -0.858. The van der Waals surface area contributed by atoms with E-state index in [1.807, 2.05) is 33.3 Å². The Labute approximate surface area is 464 Å². The van der Waals surface area contributed by atoms with Gasteiger partial charge >= 0.3 is 13.8 Å². The Morgan fingerprint density at radius 3 is 1.27 bits per heavy atom. The van der Waals surface area contributed by atoms with Crippen LogP contribution in [-0.4, -0.2) is 74.3 Å². The highest BCUT2D eigenvalue weighted by molar-refractivity contribution is 7.47. The Bertz CT molecular complexity index is 1470. The van der Waals surface area contributed by atoms with Crippen molar-refractivity contribution in [1.82, 2.24) is 5.32 Å². The summed E-state index contributed by atoms with van der Waals surface area (Å²) in [5, 5.41) is 3.05. The maximum absolute atomic E-state index is 13.5. The van der Waals surface area contributed by atoms with Crippen molar-refractivity contribution in [2.24, 2.45) is 0 Å². The van der Waals surface area contributed by atoms with Crippen LogP contribution in [0, 0.1) is 0 Å². The van der Waals surface area contributed by atoms with Gasteiger partial charge < -0.3 is 19.4 Å². The summed E-state index contributed by atoms with van der Waals surface area (Å²) in [5.41, 5.74) is 0. The van der Waals surface area contributed by atoms with Crippen LogP contribution in [0.4, 0.5) is 0 Å². The first kappa shape index (κ1) is 72.7. The molecule has 0 saturated carbocycles. The molecule has 3 atom stereocenters. The van der Waals surface area contributed by atoms with Crippen molar-refractivity contribution in [2.45, 2.75) is 303 Å². The van der Waals surface area contributed by atoms with Crippen molar-refractivity contribution in [3.63, 3.8) is 0 Å². The fourth-order valence-corrected chi connectivity index (χ4v) is 9.74. The molecule has 0 saturated heterocycles. The minimum Gasteiger partial charge on any atom is -0.456 e.